The molecule has 0 saturated carbocycles. The van der Waals surface area contributed by atoms with Crippen LogP contribution in [0.25, 0.3) is 5.65 Å². The minimum Gasteiger partial charge on any atom is -0.478 e. The molecule has 0 spiro atoms. The fourth-order valence-electron chi connectivity index (χ4n) is 3.32. The summed E-state index contributed by atoms with van der Waals surface area (Å²) in [5.41, 5.74) is 1.66. The van der Waals surface area contributed by atoms with Crippen molar-refractivity contribution in [3.05, 3.63) is 28.2 Å². The summed E-state index contributed by atoms with van der Waals surface area (Å²) in [6.07, 6.45) is 11.2. The Bertz CT molecular complexity index is 690. The number of unbranched alkanes of at least 4 members (excludes halogenated alkanes) is 5. The number of ether oxygens (including phenoxy) is 1. The first-order chi connectivity index (χ1) is 12.2. The molecule has 5 heteroatoms. The molecular formula is C20H33N3O2. The number of nitrogens with one attached hydrogen (secondary N) is 1. The lowest BCUT2D eigenvalue weighted by Crippen LogP contribution is -2.15. The molecule has 25 heavy (non-hydrogen) atoms. The zero-order valence-corrected chi connectivity index (χ0v) is 16.0. The van der Waals surface area contributed by atoms with Crippen LogP contribution < -0.4 is 10.3 Å². The highest BCUT2D eigenvalue weighted by Crippen LogP contribution is 2.28. The number of hydrogen-bond donors (Lipinski definition) is 1. The second-order valence-corrected chi connectivity index (χ2v) is 6.81. The van der Waals surface area contributed by atoms with E-state index in [0.29, 0.717) is 24.1 Å². The summed E-state index contributed by atoms with van der Waals surface area (Å²) in [5.74, 6) is 0.876. The van der Waals surface area contributed by atoms with Crippen molar-refractivity contribution in [1.29, 1.82) is 0 Å². The lowest BCUT2D eigenvalue weighted by Gasteiger charge is -2.14. The Hall–Kier alpha value is -1.78. The largest absolute Gasteiger partial charge is 0.478 e. The highest BCUT2D eigenvalue weighted by molar-refractivity contribution is 5.41. The molecule has 0 amide bonds. The Morgan fingerprint density at radius 2 is 1.76 bits per heavy atom. The number of hydrogen-bond acceptors (Lipinski definition) is 3. The Kier molecular flexibility index (Phi) is 8.02. The second kappa shape index (κ2) is 10.3. The molecule has 5 nitrogen and oxygen atoms in total. The standard InChI is InChI=1S/C20H33N3O2/c1-4-7-9-10-11-13-16(12-8-5-2)17-14-18-21-19(25-6-3)15-20(24)23(18)22-17/h14-16,22H,4-13H2,1-3H3. The van der Waals surface area contributed by atoms with E-state index in [1.807, 2.05) is 13.0 Å². The molecule has 140 valence electrons. The van der Waals surface area contributed by atoms with Crippen molar-refractivity contribution in [2.24, 2.45) is 0 Å². The van der Waals surface area contributed by atoms with Gasteiger partial charge in [-0.25, -0.2) is 4.52 Å². The zero-order chi connectivity index (χ0) is 18.1. The Morgan fingerprint density at radius 3 is 2.48 bits per heavy atom. The van der Waals surface area contributed by atoms with Crippen molar-refractivity contribution in [2.45, 2.75) is 84.5 Å². The van der Waals surface area contributed by atoms with Crippen molar-refractivity contribution in [3.63, 3.8) is 0 Å². The van der Waals surface area contributed by atoms with Crippen molar-refractivity contribution in [3.8, 4) is 5.88 Å². The van der Waals surface area contributed by atoms with Gasteiger partial charge in [0.05, 0.1) is 12.7 Å². The number of rotatable bonds is 12. The maximum Gasteiger partial charge on any atom is 0.276 e. The Balaban J connectivity index is 2.14. The second-order valence-electron chi connectivity index (χ2n) is 6.81. The SMILES string of the molecule is CCCCCCCC(CCCC)c1cc2nc(OCC)cc(=O)n2[nH]1. The van der Waals surface area contributed by atoms with Gasteiger partial charge in [-0.1, -0.05) is 58.8 Å². The van der Waals surface area contributed by atoms with Crippen molar-refractivity contribution in [2.75, 3.05) is 6.61 Å². The molecular weight excluding hydrogens is 314 g/mol. The minimum absolute atomic E-state index is 0.114. The molecule has 0 aliphatic heterocycles. The van der Waals surface area contributed by atoms with Crippen LogP contribution in [0.2, 0.25) is 0 Å². The van der Waals surface area contributed by atoms with Gasteiger partial charge in [0.1, 0.15) is 0 Å². The van der Waals surface area contributed by atoms with E-state index < -0.39 is 0 Å². The topological polar surface area (TPSA) is 59.4 Å². The van der Waals surface area contributed by atoms with Crippen LogP contribution in [-0.2, 0) is 0 Å². The first kappa shape index (κ1) is 19.5. The smallest absolute Gasteiger partial charge is 0.276 e. The van der Waals surface area contributed by atoms with Gasteiger partial charge in [-0.2, -0.15) is 4.98 Å². The average Bonchev–Trinajstić information content (AvgIpc) is 3.02. The van der Waals surface area contributed by atoms with Gasteiger partial charge in [0, 0.05) is 17.7 Å². The third-order valence-electron chi connectivity index (χ3n) is 4.74. The van der Waals surface area contributed by atoms with Crippen molar-refractivity contribution in [1.82, 2.24) is 14.6 Å². The van der Waals surface area contributed by atoms with Crippen LogP contribution in [0.3, 0.4) is 0 Å². The molecule has 0 bridgehead atoms. The third kappa shape index (κ3) is 5.62. The monoisotopic (exact) mass is 347 g/mol. The molecule has 2 aromatic heterocycles. The molecule has 0 fully saturated rings. The van der Waals surface area contributed by atoms with Crippen molar-refractivity contribution < 1.29 is 4.74 Å². The van der Waals surface area contributed by atoms with E-state index in [-0.39, 0.29) is 5.56 Å². The third-order valence-corrected chi connectivity index (χ3v) is 4.74. The predicted molar refractivity (Wildman–Crippen MR) is 103 cm³/mol. The molecule has 0 saturated heterocycles. The van der Waals surface area contributed by atoms with Gasteiger partial charge in [0.15, 0.2) is 5.65 Å². The summed E-state index contributed by atoms with van der Waals surface area (Å²) in [6, 6.07) is 3.47. The van der Waals surface area contributed by atoms with Gasteiger partial charge >= 0.3 is 0 Å². The normalized spacial score (nSPS) is 12.6. The summed E-state index contributed by atoms with van der Waals surface area (Å²) in [5, 5.41) is 3.28. The number of fused-ring (bicyclic) bond motifs is 1. The fourth-order valence-corrected chi connectivity index (χ4v) is 3.32. The van der Waals surface area contributed by atoms with Gasteiger partial charge in [-0.3, -0.25) is 9.89 Å². The summed E-state index contributed by atoms with van der Waals surface area (Å²) < 4.78 is 6.93. The molecule has 0 radical (unpaired) electrons. The van der Waals surface area contributed by atoms with Crippen LogP contribution in [0, 0.1) is 0 Å². The van der Waals surface area contributed by atoms with E-state index in [0.717, 1.165) is 12.1 Å². The summed E-state index contributed by atoms with van der Waals surface area (Å²) >= 11 is 0. The maximum atomic E-state index is 12.3. The number of aromatic amines is 1. The molecule has 1 atom stereocenters. The van der Waals surface area contributed by atoms with Gasteiger partial charge in [0.2, 0.25) is 5.88 Å². The van der Waals surface area contributed by atoms with E-state index in [1.54, 1.807) is 0 Å². The molecule has 0 aliphatic rings. The summed E-state index contributed by atoms with van der Waals surface area (Å²) in [6.45, 7) is 6.88. The average molecular weight is 348 g/mol. The van der Waals surface area contributed by atoms with Gasteiger partial charge in [0.25, 0.3) is 5.56 Å². The number of H-pyrrole nitrogens is 1. The van der Waals surface area contributed by atoms with Crippen LogP contribution in [0.1, 0.15) is 90.2 Å². The van der Waals surface area contributed by atoms with Gasteiger partial charge < -0.3 is 4.74 Å². The molecule has 1 unspecified atom stereocenters. The van der Waals surface area contributed by atoms with Crippen LogP contribution in [0.5, 0.6) is 5.88 Å². The van der Waals surface area contributed by atoms with Crippen LogP contribution in [-0.4, -0.2) is 21.2 Å². The zero-order valence-electron chi connectivity index (χ0n) is 16.0. The van der Waals surface area contributed by atoms with E-state index in [4.69, 9.17) is 4.74 Å². The van der Waals surface area contributed by atoms with Crippen LogP contribution >= 0.6 is 0 Å². The molecule has 0 aromatic carbocycles. The number of nitrogens with zero attached hydrogens (tertiary/aromatic N) is 2. The molecule has 2 heterocycles. The first-order valence-corrected chi connectivity index (χ1v) is 9.95. The van der Waals surface area contributed by atoms with Gasteiger partial charge in [-0.15, -0.1) is 0 Å². The highest BCUT2D eigenvalue weighted by atomic mass is 16.5. The summed E-state index contributed by atoms with van der Waals surface area (Å²) in [4.78, 5) is 16.7. The Morgan fingerprint density at radius 1 is 1.04 bits per heavy atom. The van der Waals surface area contributed by atoms with Gasteiger partial charge in [-0.05, 0) is 19.8 Å². The predicted octanol–water partition coefficient (Wildman–Crippen LogP) is 5.06. The quantitative estimate of drug-likeness (QED) is 0.546. The Labute approximate surface area is 150 Å². The maximum absolute atomic E-state index is 12.3. The van der Waals surface area contributed by atoms with E-state index in [1.165, 1.54) is 61.9 Å². The van der Waals surface area contributed by atoms with Crippen LogP contribution in [0.4, 0.5) is 0 Å². The minimum atomic E-state index is -0.114. The lowest BCUT2D eigenvalue weighted by molar-refractivity contribution is 0.326. The van der Waals surface area contributed by atoms with Crippen LogP contribution in [0.15, 0.2) is 16.9 Å². The molecule has 2 rings (SSSR count). The van der Waals surface area contributed by atoms with Crippen molar-refractivity contribution >= 4 is 5.65 Å². The highest BCUT2D eigenvalue weighted by Gasteiger charge is 2.15. The van der Waals surface area contributed by atoms with E-state index in [9.17, 15) is 4.79 Å². The molecule has 2 aromatic rings. The molecule has 0 aliphatic carbocycles. The first-order valence-electron chi connectivity index (χ1n) is 9.95. The number of aromatic nitrogens is 3. The summed E-state index contributed by atoms with van der Waals surface area (Å²) in [7, 11) is 0. The van der Waals surface area contributed by atoms with E-state index in [2.05, 4.69) is 23.9 Å². The van der Waals surface area contributed by atoms with E-state index >= 15 is 0 Å². The fraction of sp³-hybridized carbons (Fsp3) is 0.700. The molecule has 1 N–H and O–H groups in total. The lowest BCUT2D eigenvalue weighted by atomic mass is 9.92.